The Labute approximate surface area is 214 Å². The molecular formula is C28H19BCl2N2O2. The van der Waals surface area contributed by atoms with Gasteiger partial charge < -0.3 is 9.68 Å². The summed E-state index contributed by atoms with van der Waals surface area (Å²) in [6, 6.07) is 33.7. The maximum atomic E-state index is 10.5. The molecule has 5 aromatic rings. The molecule has 0 unspecified atom stereocenters. The summed E-state index contributed by atoms with van der Waals surface area (Å²) in [5.74, 6) is 1.01. The highest BCUT2D eigenvalue weighted by Gasteiger charge is 2.19. The maximum absolute atomic E-state index is 10.5. The van der Waals surface area contributed by atoms with Crippen LogP contribution in [0.4, 0.5) is 0 Å². The highest BCUT2D eigenvalue weighted by molar-refractivity contribution is 6.61. The quantitative estimate of drug-likeness (QED) is 0.271. The predicted octanol–water partition coefficient (Wildman–Crippen LogP) is 6.55. The van der Waals surface area contributed by atoms with Crippen LogP contribution in [0.3, 0.4) is 0 Å². The summed E-state index contributed by atoms with van der Waals surface area (Å²) in [6.07, 6.45) is 0. The lowest BCUT2D eigenvalue weighted by Crippen LogP contribution is -2.36. The van der Waals surface area contributed by atoms with Crippen LogP contribution in [0.2, 0.25) is 10.0 Å². The molecule has 0 radical (unpaired) electrons. The molecule has 35 heavy (non-hydrogen) atoms. The minimum atomic E-state index is -1.16. The first-order valence-corrected chi connectivity index (χ1v) is 11.7. The summed E-state index contributed by atoms with van der Waals surface area (Å²) in [7, 11) is -1.16. The van der Waals surface area contributed by atoms with Crippen LogP contribution in [-0.4, -0.2) is 22.1 Å². The molecule has 0 saturated heterocycles. The summed E-state index contributed by atoms with van der Waals surface area (Å²) in [6.45, 7) is 0. The van der Waals surface area contributed by atoms with E-state index < -0.39 is 7.12 Å². The number of benzene rings is 4. The number of rotatable bonds is 6. The van der Waals surface area contributed by atoms with Gasteiger partial charge in [0.1, 0.15) is 5.75 Å². The zero-order valence-electron chi connectivity index (χ0n) is 18.5. The Kier molecular flexibility index (Phi) is 6.82. The lowest BCUT2D eigenvalue weighted by Gasteiger charge is -2.13. The summed E-state index contributed by atoms with van der Waals surface area (Å²) in [5.41, 5.74) is 4.72. The SMILES string of the molecule is OB(Oc1cccc(-c2nc(-c3ccccc3)cc(-c3cccc(Cl)c3)n2)c1)c1cccc(Cl)c1. The van der Waals surface area contributed by atoms with E-state index in [-0.39, 0.29) is 0 Å². The number of nitrogens with zero attached hydrogens (tertiary/aromatic N) is 2. The van der Waals surface area contributed by atoms with Gasteiger partial charge in [0.2, 0.25) is 0 Å². The van der Waals surface area contributed by atoms with Gasteiger partial charge >= 0.3 is 7.12 Å². The van der Waals surface area contributed by atoms with Crippen molar-refractivity contribution < 1.29 is 9.68 Å². The van der Waals surface area contributed by atoms with E-state index in [0.29, 0.717) is 27.1 Å². The first kappa shape index (κ1) is 23.1. The topological polar surface area (TPSA) is 55.2 Å². The van der Waals surface area contributed by atoms with Gasteiger partial charge in [0.25, 0.3) is 0 Å². The van der Waals surface area contributed by atoms with Crippen molar-refractivity contribution in [2.45, 2.75) is 0 Å². The largest absolute Gasteiger partial charge is 0.560 e. The normalized spacial score (nSPS) is 10.7. The first-order valence-electron chi connectivity index (χ1n) is 11.0. The fourth-order valence-electron chi connectivity index (χ4n) is 3.69. The van der Waals surface area contributed by atoms with Gasteiger partial charge in [-0.3, -0.25) is 0 Å². The van der Waals surface area contributed by atoms with Crippen molar-refractivity contribution >= 4 is 35.8 Å². The van der Waals surface area contributed by atoms with Crippen LogP contribution in [0.15, 0.2) is 109 Å². The van der Waals surface area contributed by atoms with Gasteiger partial charge in [-0.05, 0) is 47.9 Å². The van der Waals surface area contributed by atoms with Crippen LogP contribution in [-0.2, 0) is 0 Å². The molecule has 0 aliphatic rings. The Morgan fingerprint density at radius 2 is 1.23 bits per heavy atom. The zero-order chi connectivity index (χ0) is 24.2. The van der Waals surface area contributed by atoms with E-state index in [9.17, 15) is 5.02 Å². The number of aromatic nitrogens is 2. The molecule has 0 aliphatic heterocycles. The highest BCUT2D eigenvalue weighted by Crippen LogP contribution is 2.30. The molecule has 1 N–H and O–H groups in total. The monoisotopic (exact) mass is 496 g/mol. The molecule has 1 aromatic heterocycles. The lowest BCUT2D eigenvalue weighted by atomic mass is 9.79. The van der Waals surface area contributed by atoms with Gasteiger partial charge in [0.05, 0.1) is 11.4 Å². The van der Waals surface area contributed by atoms with Crippen molar-refractivity contribution in [1.82, 2.24) is 9.97 Å². The minimum absolute atomic E-state index is 0.480. The molecule has 0 bridgehead atoms. The van der Waals surface area contributed by atoms with Crippen molar-refractivity contribution in [2.75, 3.05) is 0 Å². The Hall–Kier alpha value is -3.64. The third kappa shape index (κ3) is 5.55. The first-order chi connectivity index (χ1) is 17.0. The van der Waals surface area contributed by atoms with Crippen LogP contribution >= 0.6 is 23.2 Å². The molecule has 4 aromatic carbocycles. The van der Waals surface area contributed by atoms with E-state index in [1.165, 1.54) is 0 Å². The number of halogens is 2. The Morgan fingerprint density at radius 1 is 0.600 bits per heavy atom. The molecule has 5 rings (SSSR count). The third-order valence-electron chi connectivity index (χ3n) is 5.39. The minimum Gasteiger partial charge on any atom is -0.532 e. The van der Waals surface area contributed by atoms with Crippen LogP contribution in [0, 0.1) is 0 Å². The van der Waals surface area contributed by atoms with Crippen LogP contribution in [0.25, 0.3) is 33.9 Å². The van der Waals surface area contributed by atoms with Gasteiger partial charge in [-0.15, -0.1) is 0 Å². The fourth-order valence-corrected chi connectivity index (χ4v) is 4.08. The highest BCUT2D eigenvalue weighted by atomic mass is 35.5. The molecule has 1 heterocycles. The summed E-state index contributed by atoms with van der Waals surface area (Å²) in [5, 5.41) is 11.7. The maximum Gasteiger partial charge on any atom is 0.560 e. The molecule has 0 atom stereocenters. The zero-order valence-corrected chi connectivity index (χ0v) is 20.0. The van der Waals surface area contributed by atoms with Gasteiger partial charge in [-0.1, -0.05) is 89.9 Å². The van der Waals surface area contributed by atoms with Gasteiger partial charge in [-0.25, -0.2) is 9.97 Å². The van der Waals surface area contributed by atoms with E-state index >= 15 is 0 Å². The molecule has 0 fully saturated rings. The molecule has 4 nitrogen and oxygen atoms in total. The van der Waals surface area contributed by atoms with Crippen molar-refractivity contribution in [1.29, 1.82) is 0 Å². The molecular weight excluding hydrogens is 478 g/mol. The third-order valence-corrected chi connectivity index (χ3v) is 5.86. The summed E-state index contributed by atoms with van der Waals surface area (Å²) >= 11 is 12.3. The van der Waals surface area contributed by atoms with E-state index in [0.717, 1.165) is 28.1 Å². The summed E-state index contributed by atoms with van der Waals surface area (Å²) in [4.78, 5) is 9.66. The van der Waals surface area contributed by atoms with Crippen molar-refractivity contribution in [3.05, 3.63) is 119 Å². The molecule has 0 amide bonds. The Bertz CT molecular complexity index is 1480. The van der Waals surface area contributed by atoms with E-state index in [1.807, 2.05) is 72.8 Å². The second-order valence-electron chi connectivity index (χ2n) is 7.89. The average molecular weight is 497 g/mol. The van der Waals surface area contributed by atoms with Crippen molar-refractivity contribution in [2.24, 2.45) is 0 Å². The van der Waals surface area contributed by atoms with Gasteiger partial charge in [-0.2, -0.15) is 0 Å². The van der Waals surface area contributed by atoms with Crippen LogP contribution in [0.1, 0.15) is 0 Å². The molecule has 0 aliphatic carbocycles. The molecule has 170 valence electrons. The Morgan fingerprint density at radius 3 is 1.97 bits per heavy atom. The second-order valence-corrected chi connectivity index (χ2v) is 8.76. The smallest absolute Gasteiger partial charge is 0.532 e. The molecule has 0 saturated carbocycles. The van der Waals surface area contributed by atoms with E-state index in [4.69, 9.17) is 37.8 Å². The Balaban J connectivity index is 1.54. The lowest BCUT2D eigenvalue weighted by molar-refractivity contribution is 0.433. The second kappa shape index (κ2) is 10.3. The average Bonchev–Trinajstić information content (AvgIpc) is 2.89. The van der Waals surface area contributed by atoms with Crippen LogP contribution in [0.5, 0.6) is 5.75 Å². The van der Waals surface area contributed by atoms with Crippen LogP contribution < -0.4 is 10.1 Å². The van der Waals surface area contributed by atoms with Gasteiger partial charge in [0, 0.05) is 26.7 Å². The molecule has 0 spiro atoms. The fraction of sp³-hybridized carbons (Fsp3) is 0. The van der Waals surface area contributed by atoms with E-state index in [1.54, 1.807) is 36.4 Å². The van der Waals surface area contributed by atoms with Gasteiger partial charge in [0.15, 0.2) is 5.82 Å². The summed E-state index contributed by atoms with van der Waals surface area (Å²) < 4.78 is 5.79. The number of hydrogen-bond acceptors (Lipinski definition) is 4. The standard InChI is InChI=1S/C28H19BCl2N2O2/c30-23-12-4-9-20(15-23)27-18-26(19-7-2-1-3-8-19)32-28(33-27)21-10-5-14-25(16-21)35-29(34)22-11-6-13-24(31)17-22/h1-18,34H. The number of hydrogen-bond donors (Lipinski definition) is 1. The van der Waals surface area contributed by atoms with Crippen molar-refractivity contribution in [3.8, 4) is 39.7 Å². The van der Waals surface area contributed by atoms with Crippen molar-refractivity contribution in [3.63, 3.8) is 0 Å². The predicted molar refractivity (Wildman–Crippen MR) is 143 cm³/mol. The van der Waals surface area contributed by atoms with E-state index in [2.05, 4.69) is 0 Å². The molecule has 7 heteroatoms.